The maximum Gasteiger partial charge on any atom is 0.251 e. The normalized spacial score (nSPS) is 11.3. The first-order valence-corrected chi connectivity index (χ1v) is 8.40. The molecule has 27 heavy (non-hydrogen) atoms. The number of carbonyl (C=O) groups is 1. The largest absolute Gasteiger partial charge is 0.497 e. The van der Waals surface area contributed by atoms with Gasteiger partial charge in [-0.3, -0.25) is 4.79 Å². The van der Waals surface area contributed by atoms with Gasteiger partial charge >= 0.3 is 0 Å². The Morgan fingerprint density at radius 3 is 1.93 bits per heavy atom. The molecule has 0 unspecified atom stereocenters. The van der Waals surface area contributed by atoms with Crippen molar-refractivity contribution in [2.24, 2.45) is 0 Å². The smallest absolute Gasteiger partial charge is 0.251 e. The fourth-order valence-corrected chi connectivity index (χ4v) is 2.45. The Morgan fingerprint density at radius 2 is 1.44 bits per heavy atom. The minimum Gasteiger partial charge on any atom is -0.497 e. The molecular formula is C20H25NO6. The summed E-state index contributed by atoms with van der Waals surface area (Å²) < 4.78 is 26.6. The van der Waals surface area contributed by atoms with Crippen LogP contribution in [0.2, 0.25) is 0 Å². The summed E-state index contributed by atoms with van der Waals surface area (Å²) in [5.74, 6) is 2.47. The number of amides is 1. The molecule has 0 saturated carbocycles. The molecule has 1 atom stereocenters. The quantitative estimate of drug-likeness (QED) is 0.726. The molecule has 0 heterocycles. The van der Waals surface area contributed by atoms with E-state index in [1.165, 1.54) is 21.3 Å². The first-order valence-electron chi connectivity index (χ1n) is 8.40. The Bertz CT molecular complexity index is 735. The van der Waals surface area contributed by atoms with Gasteiger partial charge in [0.15, 0.2) is 11.5 Å². The van der Waals surface area contributed by atoms with Gasteiger partial charge in [0.05, 0.1) is 34.5 Å². The zero-order valence-electron chi connectivity index (χ0n) is 16.2. The van der Waals surface area contributed by atoms with Gasteiger partial charge < -0.3 is 29.0 Å². The van der Waals surface area contributed by atoms with Crippen LogP contribution in [0.3, 0.4) is 0 Å². The van der Waals surface area contributed by atoms with Crippen LogP contribution >= 0.6 is 0 Å². The minimum absolute atomic E-state index is 0.210. The second-order valence-electron chi connectivity index (χ2n) is 5.78. The van der Waals surface area contributed by atoms with Gasteiger partial charge in [-0.15, -0.1) is 0 Å². The number of nitrogens with one attached hydrogen (secondary N) is 1. The average molecular weight is 375 g/mol. The van der Waals surface area contributed by atoms with Crippen molar-refractivity contribution in [3.63, 3.8) is 0 Å². The van der Waals surface area contributed by atoms with Crippen molar-refractivity contribution in [2.75, 3.05) is 35.0 Å². The van der Waals surface area contributed by atoms with Gasteiger partial charge in [-0.05, 0) is 43.3 Å². The zero-order chi connectivity index (χ0) is 19.8. The minimum atomic E-state index is -0.264. The van der Waals surface area contributed by atoms with Crippen LogP contribution in [0.15, 0.2) is 36.4 Å². The molecule has 1 amide bonds. The summed E-state index contributed by atoms with van der Waals surface area (Å²) in [5, 5.41) is 2.89. The Hall–Kier alpha value is -3.09. The molecule has 0 spiro atoms. The highest BCUT2D eigenvalue weighted by Crippen LogP contribution is 2.38. The lowest BCUT2D eigenvalue weighted by Crippen LogP contribution is -2.36. The fourth-order valence-electron chi connectivity index (χ4n) is 2.45. The monoisotopic (exact) mass is 375 g/mol. The van der Waals surface area contributed by atoms with Crippen LogP contribution < -0.4 is 29.0 Å². The van der Waals surface area contributed by atoms with Gasteiger partial charge in [0.1, 0.15) is 18.1 Å². The van der Waals surface area contributed by atoms with E-state index in [2.05, 4.69) is 5.32 Å². The molecule has 0 aliphatic rings. The number of carbonyl (C=O) groups excluding carboxylic acids is 1. The molecule has 1 N–H and O–H groups in total. The second-order valence-corrected chi connectivity index (χ2v) is 5.78. The van der Waals surface area contributed by atoms with Crippen LogP contribution in [-0.4, -0.2) is 47.0 Å². The first kappa shape index (κ1) is 20.2. The topological polar surface area (TPSA) is 75.3 Å². The van der Waals surface area contributed by atoms with E-state index in [0.717, 1.165) is 5.75 Å². The Balaban J connectivity index is 2.00. The van der Waals surface area contributed by atoms with Gasteiger partial charge in [0.25, 0.3) is 5.91 Å². The third-order valence-electron chi connectivity index (χ3n) is 3.86. The molecule has 0 aromatic heterocycles. The third kappa shape index (κ3) is 5.20. The fraction of sp³-hybridized carbons (Fsp3) is 0.350. The summed E-state index contributed by atoms with van der Waals surface area (Å²) in [4.78, 5) is 12.6. The van der Waals surface area contributed by atoms with Crippen LogP contribution in [0.5, 0.6) is 28.7 Å². The number of ether oxygens (including phenoxy) is 5. The van der Waals surface area contributed by atoms with Crippen molar-refractivity contribution in [2.45, 2.75) is 13.0 Å². The second kappa shape index (κ2) is 9.56. The molecule has 0 fully saturated rings. The van der Waals surface area contributed by atoms with Crippen molar-refractivity contribution in [3.05, 3.63) is 42.0 Å². The molecule has 7 nitrogen and oxygen atoms in total. The molecule has 0 radical (unpaired) electrons. The van der Waals surface area contributed by atoms with Crippen molar-refractivity contribution in [1.82, 2.24) is 5.32 Å². The standard InChI is InChI=1S/C20H25NO6/c1-13(12-27-16-8-6-15(23-2)7-9-16)21-20(22)14-10-17(24-3)19(26-5)18(11-14)25-4/h6-11,13H,12H2,1-5H3,(H,21,22)/t13-/m1/s1. The number of hydrogen-bond acceptors (Lipinski definition) is 6. The summed E-state index contributed by atoms with van der Waals surface area (Å²) in [5.41, 5.74) is 0.404. The lowest BCUT2D eigenvalue weighted by molar-refractivity contribution is 0.0926. The van der Waals surface area contributed by atoms with Crippen LogP contribution in [-0.2, 0) is 0 Å². The average Bonchev–Trinajstić information content (AvgIpc) is 2.71. The van der Waals surface area contributed by atoms with Crippen molar-refractivity contribution in [3.8, 4) is 28.7 Å². The molecule has 2 aromatic rings. The molecular weight excluding hydrogens is 350 g/mol. The molecule has 7 heteroatoms. The van der Waals surface area contributed by atoms with Gasteiger partial charge in [-0.25, -0.2) is 0 Å². The number of hydrogen-bond donors (Lipinski definition) is 1. The summed E-state index contributed by atoms with van der Waals surface area (Å²) >= 11 is 0. The van der Waals surface area contributed by atoms with Crippen molar-refractivity contribution < 1.29 is 28.5 Å². The molecule has 0 bridgehead atoms. The van der Waals surface area contributed by atoms with Gasteiger partial charge in [-0.2, -0.15) is 0 Å². The zero-order valence-corrected chi connectivity index (χ0v) is 16.2. The molecule has 0 aliphatic heterocycles. The Kier molecular flexibility index (Phi) is 7.16. The van der Waals surface area contributed by atoms with E-state index in [4.69, 9.17) is 23.7 Å². The molecule has 2 rings (SSSR count). The first-order chi connectivity index (χ1) is 13.0. The number of benzene rings is 2. The van der Waals surface area contributed by atoms with E-state index in [9.17, 15) is 4.79 Å². The highest BCUT2D eigenvalue weighted by atomic mass is 16.5. The van der Waals surface area contributed by atoms with Crippen LogP contribution in [0, 0.1) is 0 Å². The molecule has 2 aromatic carbocycles. The lowest BCUT2D eigenvalue weighted by atomic mass is 10.1. The van der Waals surface area contributed by atoms with Gasteiger partial charge in [-0.1, -0.05) is 0 Å². The van der Waals surface area contributed by atoms with E-state index in [0.29, 0.717) is 35.2 Å². The highest BCUT2D eigenvalue weighted by molar-refractivity contribution is 5.95. The van der Waals surface area contributed by atoms with Crippen molar-refractivity contribution in [1.29, 1.82) is 0 Å². The summed E-state index contributed by atoms with van der Waals surface area (Å²) in [6.07, 6.45) is 0. The molecule has 0 saturated heterocycles. The van der Waals surface area contributed by atoms with Crippen LogP contribution in [0.4, 0.5) is 0 Å². The maximum absolute atomic E-state index is 12.6. The van der Waals surface area contributed by atoms with E-state index < -0.39 is 0 Å². The van der Waals surface area contributed by atoms with Crippen LogP contribution in [0.25, 0.3) is 0 Å². The van der Waals surface area contributed by atoms with Crippen LogP contribution in [0.1, 0.15) is 17.3 Å². The SMILES string of the molecule is COc1ccc(OC[C@@H](C)NC(=O)c2cc(OC)c(OC)c(OC)c2)cc1. The molecule has 0 aliphatic carbocycles. The van der Waals surface area contributed by atoms with E-state index in [1.807, 2.05) is 31.2 Å². The maximum atomic E-state index is 12.6. The van der Waals surface area contributed by atoms with E-state index in [1.54, 1.807) is 19.2 Å². The Labute approximate surface area is 159 Å². The molecule has 146 valence electrons. The predicted molar refractivity (Wildman–Crippen MR) is 102 cm³/mol. The van der Waals surface area contributed by atoms with E-state index in [-0.39, 0.29) is 11.9 Å². The van der Waals surface area contributed by atoms with Gasteiger partial charge in [0, 0.05) is 5.56 Å². The lowest BCUT2D eigenvalue weighted by Gasteiger charge is -2.17. The van der Waals surface area contributed by atoms with Gasteiger partial charge in [0.2, 0.25) is 5.75 Å². The van der Waals surface area contributed by atoms with E-state index >= 15 is 0 Å². The summed E-state index contributed by atoms with van der Waals surface area (Å²) in [7, 11) is 6.13. The van der Waals surface area contributed by atoms with Crippen molar-refractivity contribution >= 4 is 5.91 Å². The Morgan fingerprint density at radius 1 is 0.889 bits per heavy atom. The highest BCUT2D eigenvalue weighted by Gasteiger charge is 2.18. The number of rotatable bonds is 9. The predicted octanol–water partition coefficient (Wildman–Crippen LogP) is 2.92. The third-order valence-corrected chi connectivity index (χ3v) is 3.86. The summed E-state index contributed by atoms with van der Waals surface area (Å²) in [6, 6.07) is 10.3. The summed E-state index contributed by atoms with van der Waals surface area (Å²) in [6.45, 7) is 2.18. The number of methoxy groups -OCH3 is 4.